The Labute approximate surface area is 518 Å². The number of benzene rings is 13. The van der Waals surface area contributed by atoms with E-state index >= 15 is 0 Å². The van der Waals surface area contributed by atoms with Gasteiger partial charge in [0.05, 0.1) is 44.5 Å². The lowest BCUT2D eigenvalue weighted by atomic mass is 9.89. The summed E-state index contributed by atoms with van der Waals surface area (Å²) in [5.41, 5.74) is 24.2. The Bertz CT molecular complexity index is 5720. The van der Waals surface area contributed by atoms with Gasteiger partial charge in [-0.15, -0.1) is 0 Å². The van der Waals surface area contributed by atoms with E-state index in [0.717, 1.165) is 89.0 Å². The summed E-state index contributed by atoms with van der Waals surface area (Å²) in [5, 5.41) is 14.2. The third-order valence-electron chi connectivity index (χ3n) is 19.4. The van der Waals surface area contributed by atoms with Gasteiger partial charge >= 0.3 is 0 Å². The molecular formula is C84H58N4O2. The SMILES string of the molecule is CC(C)c1cccc2c1oc1c(N(c3ccccc3)c3ccc4c(c3)c3cccc5c6c(-c7ccccc7)c7c(c(-c8ccccc8)c6n4c35)c3cccc4c5cc(N(c6ccccc6)c6cccc8c6oc6c(C(C)C)cccc68)ccc5n7c43)cccc12. The van der Waals surface area contributed by atoms with Crippen LogP contribution in [-0.4, -0.2) is 8.80 Å². The average molecular weight is 1160 g/mol. The van der Waals surface area contributed by atoms with Crippen LogP contribution in [0.25, 0.3) is 142 Å². The van der Waals surface area contributed by atoms with E-state index in [9.17, 15) is 0 Å². The topological polar surface area (TPSA) is 41.6 Å². The Morgan fingerprint density at radius 1 is 0.278 bits per heavy atom. The lowest BCUT2D eigenvalue weighted by Gasteiger charge is -2.25. The average Bonchev–Trinajstić information content (AvgIpc) is 1.50. The molecule has 13 aromatic carbocycles. The highest BCUT2D eigenvalue weighted by Gasteiger charge is 2.32. The second-order valence-electron chi connectivity index (χ2n) is 25.0. The van der Waals surface area contributed by atoms with Gasteiger partial charge < -0.3 is 27.4 Å². The molecule has 0 atom stereocenters. The van der Waals surface area contributed by atoms with Gasteiger partial charge in [0.2, 0.25) is 0 Å². The predicted molar refractivity (Wildman–Crippen MR) is 379 cm³/mol. The van der Waals surface area contributed by atoms with Gasteiger partial charge in [0.15, 0.2) is 11.2 Å². The molecule has 0 aliphatic heterocycles. The minimum atomic E-state index is 0.311. The molecule has 0 unspecified atom stereocenters. The number of nitrogens with zero attached hydrogens (tertiary/aromatic N) is 4. The molecule has 6 heteroatoms. The molecule has 0 aliphatic rings. The third-order valence-corrected chi connectivity index (χ3v) is 19.4. The molecule has 6 nitrogen and oxygen atoms in total. The molecule has 19 aromatic rings. The van der Waals surface area contributed by atoms with Gasteiger partial charge in [0.25, 0.3) is 0 Å². The van der Waals surface area contributed by atoms with Crippen LogP contribution in [-0.2, 0) is 0 Å². The van der Waals surface area contributed by atoms with E-state index in [1.165, 1.54) is 98.5 Å². The Kier molecular flexibility index (Phi) is 10.8. The summed E-state index contributed by atoms with van der Waals surface area (Å²) in [6, 6.07) is 98.2. The zero-order valence-corrected chi connectivity index (χ0v) is 50.2. The van der Waals surface area contributed by atoms with Crippen LogP contribution in [0.1, 0.15) is 50.7 Å². The first-order chi connectivity index (χ1) is 44.4. The van der Waals surface area contributed by atoms with Crippen LogP contribution in [0.3, 0.4) is 0 Å². The molecule has 19 rings (SSSR count). The van der Waals surface area contributed by atoms with Crippen molar-refractivity contribution in [1.29, 1.82) is 0 Å². The third kappa shape index (κ3) is 6.98. The number of rotatable bonds is 10. The van der Waals surface area contributed by atoms with Crippen LogP contribution in [0.5, 0.6) is 0 Å². The van der Waals surface area contributed by atoms with Gasteiger partial charge in [-0.3, -0.25) is 0 Å². The largest absolute Gasteiger partial charge is 0.454 e. The van der Waals surface area contributed by atoms with Gasteiger partial charge in [-0.25, -0.2) is 0 Å². The van der Waals surface area contributed by atoms with Crippen LogP contribution in [0.2, 0.25) is 0 Å². The van der Waals surface area contributed by atoms with Crippen molar-refractivity contribution in [3.8, 4) is 22.3 Å². The number of para-hydroxylation sites is 8. The summed E-state index contributed by atoms with van der Waals surface area (Å²) < 4.78 is 19.3. The molecule has 90 heavy (non-hydrogen) atoms. The van der Waals surface area contributed by atoms with Crippen LogP contribution >= 0.6 is 0 Å². The van der Waals surface area contributed by atoms with Crippen molar-refractivity contribution in [1.82, 2.24) is 8.80 Å². The van der Waals surface area contributed by atoms with Gasteiger partial charge in [0.1, 0.15) is 11.2 Å². The zero-order chi connectivity index (χ0) is 59.6. The van der Waals surface area contributed by atoms with Crippen molar-refractivity contribution in [3.63, 3.8) is 0 Å². The first kappa shape index (κ1) is 50.8. The smallest absolute Gasteiger partial charge is 0.159 e. The molecule has 0 saturated carbocycles. The van der Waals surface area contributed by atoms with Crippen molar-refractivity contribution in [3.05, 3.63) is 278 Å². The summed E-state index contributed by atoms with van der Waals surface area (Å²) in [6.45, 7) is 8.96. The second-order valence-corrected chi connectivity index (χ2v) is 25.0. The van der Waals surface area contributed by atoms with Gasteiger partial charge in [0, 0.05) is 98.5 Å². The summed E-state index contributed by atoms with van der Waals surface area (Å²) in [4.78, 5) is 4.76. The van der Waals surface area contributed by atoms with E-state index in [1.807, 2.05) is 0 Å². The number of fused-ring (bicyclic) bond motifs is 18. The Balaban J connectivity index is 0.891. The van der Waals surface area contributed by atoms with E-state index in [4.69, 9.17) is 8.83 Å². The number of aromatic nitrogens is 2. The van der Waals surface area contributed by atoms with Gasteiger partial charge in [-0.1, -0.05) is 222 Å². The predicted octanol–water partition coefficient (Wildman–Crippen LogP) is 24.3. The maximum atomic E-state index is 7.05. The van der Waals surface area contributed by atoms with Crippen LogP contribution in [0.4, 0.5) is 34.1 Å². The highest BCUT2D eigenvalue weighted by atomic mass is 16.3. The number of anilines is 6. The molecule has 0 spiro atoms. The van der Waals surface area contributed by atoms with Crippen molar-refractivity contribution in [2.75, 3.05) is 9.80 Å². The summed E-state index contributed by atoms with van der Waals surface area (Å²) in [7, 11) is 0. The summed E-state index contributed by atoms with van der Waals surface area (Å²) in [6.07, 6.45) is 0. The van der Waals surface area contributed by atoms with E-state index in [2.05, 4.69) is 313 Å². The molecule has 0 bridgehead atoms. The van der Waals surface area contributed by atoms with Crippen molar-refractivity contribution < 1.29 is 8.83 Å². The van der Waals surface area contributed by atoms with Crippen molar-refractivity contribution >= 4 is 154 Å². The lowest BCUT2D eigenvalue weighted by molar-refractivity contribution is 0.657. The molecule has 0 aliphatic carbocycles. The fraction of sp³-hybridized carbons (Fsp3) is 0.0714. The maximum Gasteiger partial charge on any atom is 0.159 e. The second kappa shape index (κ2) is 19.1. The first-order valence-electron chi connectivity index (χ1n) is 31.5. The first-order valence-corrected chi connectivity index (χ1v) is 31.5. The van der Waals surface area contributed by atoms with Crippen LogP contribution in [0, 0.1) is 0 Å². The highest BCUT2D eigenvalue weighted by molar-refractivity contribution is 6.38. The van der Waals surface area contributed by atoms with E-state index in [0.29, 0.717) is 11.8 Å². The number of furan rings is 2. The normalized spacial score (nSPS) is 12.4. The van der Waals surface area contributed by atoms with Crippen molar-refractivity contribution in [2.24, 2.45) is 0 Å². The zero-order valence-electron chi connectivity index (χ0n) is 50.2. The van der Waals surface area contributed by atoms with E-state index < -0.39 is 0 Å². The Morgan fingerprint density at radius 2 is 0.622 bits per heavy atom. The molecular weight excluding hydrogens is 1100 g/mol. The maximum absolute atomic E-state index is 7.05. The van der Waals surface area contributed by atoms with E-state index in [1.54, 1.807) is 0 Å². The molecule has 0 amide bonds. The summed E-state index contributed by atoms with van der Waals surface area (Å²) >= 11 is 0. The minimum Gasteiger partial charge on any atom is -0.454 e. The highest BCUT2D eigenvalue weighted by Crippen LogP contribution is 2.56. The Hall–Kier alpha value is -11.3. The fourth-order valence-electron chi connectivity index (χ4n) is 15.7. The summed E-state index contributed by atoms with van der Waals surface area (Å²) in [5.74, 6) is 0.622. The van der Waals surface area contributed by atoms with Crippen LogP contribution in [0.15, 0.2) is 276 Å². The number of hydrogen-bond acceptors (Lipinski definition) is 4. The van der Waals surface area contributed by atoms with Crippen molar-refractivity contribution in [2.45, 2.75) is 39.5 Å². The molecule has 6 heterocycles. The minimum absolute atomic E-state index is 0.311. The molecule has 0 saturated heterocycles. The fourth-order valence-corrected chi connectivity index (χ4v) is 15.7. The molecule has 6 aromatic heterocycles. The molecule has 0 N–H and O–H groups in total. The van der Waals surface area contributed by atoms with Crippen LogP contribution < -0.4 is 9.80 Å². The quantitative estimate of drug-likeness (QED) is 0.137. The monoisotopic (exact) mass is 1150 g/mol. The lowest BCUT2D eigenvalue weighted by Crippen LogP contribution is -2.10. The Morgan fingerprint density at radius 3 is 1.02 bits per heavy atom. The molecule has 426 valence electrons. The van der Waals surface area contributed by atoms with Gasteiger partial charge in [-0.05, 0) is 107 Å². The molecule has 0 radical (unpaired) electrons. The van der Waals surface area contributed by atoms with Gasteiger partial charge in [-0.2, -0.15) is 0 Å². The van der Waals surface area contributed by atoms with E-state index in [-0.39, 0.29) is 0 Å². The standard InChI is InChI=1S/C84H58N4O2/c1-49(2)57-31-17-35-61-63-37-21-41-71(83(63)89-81(57)61)85(53-27-13-7-14-28-53)55-43-45-69-67(47-55)59-33-19-39-65-75-74(52-25-11-6-12-26-52)80-76(73(51-23-9-5-10-24-51)79(75)87(69)77(59)65)66-40-20-34-60-68-48-56(44-46-70(68)88(80)78(60)66)86(54-29-15-8-16-30-54)72-42-22-38-64-62-36-18-32-58(50(3)4)82(62)90-84(64)72/h5-50H,1-4H3. The number of hydrogen-bond donors (Lipinski definition) is 0. The molecule has 0 fully saturated rings.